The van der Waals surface area contributed by atoms with Gasteiger partial charge in [-0.25, -0.2) is 17.6 Å². The highest BCUT2D eigenvalue weighted by atomic mass is 19.2. The normalized spacial score (nSPS) is 10.3. The van der Waals surface area contributed by atoms with E-state index in [1.807, 2.05) is 0 Å². The second-order valence-electron chi connectivity index (χ2n) is 2.40. The van der Waals surface area contributed by atoms with Gasteiger partial charge >= 0.3 is 0 Å². The molecule has 0 aliphatic rings. The van der Waals surface area contributed by atoms with Crippen molar-refractivity contribution < 1.29 is 17.6 Å². The molecule has 0 amide bonds. The first-order valence-electron chi connectivity index (χ1n) is 3.29. The maximum absolute atomic E-state index is 12.9. The molecule has 0 unspecified atom stereocenters. The summed E-state index contributed by atoms with van der Waals surface area (Å²) in [4.78, 5) is 0. The van der Waals surface area contributed by atoms with E-state index in [9.17, 15) is 17.6 Å². The Bertz CT molecular complexity index is 322. The summed E-state index contributed by atoms with van der Waals surface area (Å²) in [5, 5.41) is 0. The Morgan fingerprint density at radius 2 is 1.46 bits per heavy atom. The lowest BCUT2D eigenvalue weighted by Gasteiger charge is -2.08. The first-order valence-corrected chi connectivity index (χ1v) is 3.29. The average Bonchev–Trinajstić information content (AvgIpc) is 2.13. The van der Waals surface area contributed by atoms with E-state index in [2.05, 4.69) is 0 Å². The highest BCUT2D eigenvalue weighted by Gasteiger charge is 2.22. The van der Waals surface area contributed by atoms with E-state index in [4.69, 9.17) is 5.84 Å². The van der Waals surface area contributed by atoms with E-state index in [1.165, 1.54) is 0 Å². The number of nitrogen functional groups attached to an aromatic ring is 1. The first-order chi connectivity index (χ1) is 6.00. The predicted molar refractivity (Wildman–Crippen MR) is 38.8 cm³/mol. The van der Waals surface area contributed by atoms with Crippen LogP contribution in [0.15, 0.2) is 0 Å². The minimum atomic E-state index is -1.74. The van der Waals surface area contributed by atoms with E-state index in [1.54, 1.807) is 5.43 Å². The highest BCUT2D eigenvalue weighted by Crippen LogP contribution is 2.26. The molecule has 1 aromatic carbocycles. The van der Waals surface area contributed by atoms with Gasteiger partial charge in [-0.1, -0.05) is 0 Å². The topological polar surface area (TPSA) is 38.0 Å². The lowest BCUT2D eigenvalue weighted by atomic mass is 10.2. The maximum Gasteiger partial charge on any atom is 0.197 e. The number of halogens is 4. The number of hydrogen-bond donors (Lipinski definition) is 2. The Morgan fingerprint density at radius 3 is 1.92 bits per heavy atom. The first kappa shape index (κ1) is 9.79. The van der Waals surface area contributed by atoms with Crippen LogP contribution in [0, 0.1) is 30.2 Å². The van der Waals surface area contributed by atoms with Gasteiger partial charge in [-0.2, -0.15) is 0 Å². The van der Waals surface area contributed by atoms with Crippen molar-refractivity contribution in [2.75, 3.05) is 5.43 Å². The Morgan fingerprint density at radius 1 is 0.923 bits per heavy atom. The van der Waals surface area contributed by atoms with Gasteiger partial charge in [-0.3, -0.25) is 5.84 Å². The fourth-order valence-corrected chi connectivity index (χ4v) is 0.878. The van der Waals surface area contributed by atoms with Gasteiger partial charge in [0.15, 0.2) is 23.3 Å². The molecule has 72 valence electrons. The standard InChI is InChI=1S/C7H6F4N2/c1-2-3(8)5(10)6(11)7(13-12)4(2)9/h13H,12H2,1H3. The number of nitrogens with two attached hydrogens (primary N) is 1. The van der Waals surface area contributed by atoms with Crippen molar-refractivity contribution in [3.63, 3.8) is 0 Å². The molecule has 6 heteroatoms. The molecule has 0 saturated carbocycles. The lowest BCUT2D eigenvalue weighted by Crippen LogP contribution is -2.14. The molecule has 0 spiro atoms. The van der Waals surface area contributed by atoms with Crippen LogP contribution in [0.1, 0.15) is 5.56 Å². The molecule has 0 heterocycles. The van der Waals surface area contributed by atoms with Gasteiger partial charge in [-0.05, 0) is 6.92 Å². The number of hydrogen-bond acceptors (Lipinski definition) is 2. The van der Waals surface area contributed by atoms with E-state index < -0.39 is 34.5 Å². The van der Waals surface area contributed by atoms with Gasteiger partial charge in [0.25, 0.3) is 0 Å². The van der Waals surface area contributed by atoms with Crippen molar-refractivity contribution in [1.29, 1.82) is 0 Å². The Hall–Kier alpha value is -1.30. The van der Waals surface area contributed by atoms with Crippen LogP contribution < -0.4 is 11.3 Å². The van der Waals surface area contributed by atoms with Crippen LogP contribution in [0.25, 0.3) is 0 Å². The zero-order valence-electron chi connectivity index (χ0n) is 6.59. The Labute approximate surface area is 71.3 Å². The number of anilines is 1. The van der Waals surface area contributed by atoms with E-state index in [-0.39, 0.29) is 0 Å². The molecule has 0 radical (unpaired) electrons. The van der Waals surface area contributed by atoms with Crippen molar-refractivity contribution in [2.45, 2.75) is 6.92 Å². The smallest absolute Gasteiger partial charge is 0.197 e. The summed E-state index contributed by atoms with van der Waals surface area (Å²) in [6.07, 6.45) is 0. The van der Waals surface area contributed by atoms with Crippen molar-refractivity contribution in [3.8, 4) is 0 Å². The van der Waals surface area contributed by atoms with Gasteiger partial charge in [0.05, 0.1) is 0 Å². The molecule has 0 saturated heterocycles. The molecule has 0 aromatic heterocycles. The predicted octanol–water partition coefficient (Wildman–Crippen LogP) is 1.84. The molecule has 2 nitrogen and oxygen atoms in total. The number of rotatable bonds is 1. The van der Waals surface area contributed by atoms with Crippen molar-refractivity contribution in [2.24, 2.45) is 5.84 Å². The molecule has 13 heavy (non-hydrogen) atoms. The Balaban J connectivity index is 3.56. The molecule has 0 aliphatic carbocycles. The number of nitrogens with one attached hydrogen (secondary N) is 1. The number of benzene rings is 1. The summed E-state index contributed by atoms with van der Waals surface area (Å²) in [5.41, 5.74) is 0.119. The molecule has 0 fully saturated rings. The molecule has 0 bridgehead atoms. The Kier molecular flexibility index (Phi) is 2.42. The van der Waals surface area contributed by atoms with Crippen LogP contribution in [0.3, 0.4) is 0 Å². The zero-order valence-corrected chi connectivity index (χ0v) is 6.59. The molecular weight excluding hydrogens is 188 g/mol. The zero-order chi connectivity index (χ0) is 10.2. The third kappa shape index (κ3) is 1.33. The summed E-state index contributed by atoms with van der Waals surface area (Å²) < 4.78 is 50.9. The maximum atomic E-state index is 12.9. The molecular formula is C7H6F4N2. The van der Waals surface area contributed by atoms with Gasteiger partial charge in [0, 0.05) is 5.56 Å². The van der Waals surface area contributed by atoms with Crippen LogP contribution in [0.5, 0.6) is 0 Å². The molecule has 1 rings (SSSR count). The summed E-state index contributed by atoms with van der Waals surface area (Å²) in [5.74, 6) is -1.47. The van der Waals surface area contributed by atoms with Crippen LogP contribution in [0.2, 0.25) is 0 Å². The lowest BCUT2D eigenvalue weighted by molar-refractivity contribution is 0.431. The second kappa shape index (κ2) is 3.21. The average molecular weight is 194 g/mol. The van der Waals surface area contributed by atoms with Crippen LogP contribution in [-0.4, -0.2) is 0 Å². The van der Waals surface area contributed by atoms with Crippen molar-refractivity contribution >= 4 is 5.69 Å². The largest absolute Gasteiger partial charge is 0.319 e. The quantitative estimate of drug-likeness (QED) is 0.235. The fourth-order valence-electron chi connectivity index (χ4n) is 0.878. The van der Waals surface area contributed by atoms with Crippen molar-refractivity contribution in [3.05, 3.63) is 28.8 Å². The monoisotopic (exact) mass is 194 g/mol. The second-order valence-corrected chi connectivity index (χ2v) is 2.40. The van der Waals surface area contributed by atoms with Gasteiger partial charge in [0.2, 0.25) is 0 Å². The van der Waals surface area contributed by atoms with Gasteiger partial charge in [-0.15, -0.1) is 0 Å². The highest BCUT2D eigenvalue weighted by molar-refractivity contribution is 5.48. The van der Waals surface area contributed by atoms with Gasteiger partial charge in [0.1, 0.15) is 5.69 Å². The summed E-state index contributed by atoms with van der Waals surface area (Å²) >= 11 is 0. The SMILES string of the molecule is Cc1c(F)c(F)c(F)c(NN)c1F. The summed E-state index contributed by atoms with van der Waals surface area (Å²) in [6.45, 7) is 0.980. The van der Waals surface area contributed by atoms with Crippen LogP contribution in [0.4, 0.5) is 23.2 Å². The fraction of sp³-hybridized carbons (Fsp3) is 0.143. The van der Waals surface area contributed by atoms with Gasteiger partial charge < -0.3 is 5.43 Å². The van der Waals surface area contributed by atoms with Crippen molar-refractivity contribution in [1.82, 2.24) is 0 Å². The molecule has 3 N–H and O–H groups in total. The molecule has 0 aliphatic heterocycles. The third-order valence-electron chi connectivity index (χ3n) is 1.63. The molecule has 1 aromatic rings. The van der Waals surface area contributed by atoms with Crippen LogP contribution in [-0.2, 0) is 0 Å². The van der Waals surface area contributed by atoms with Crippen LogP contribution >= 0.6 is 0 Å². The minimum Gasteiger partial charge on any atom is -0.319 e. The van der Waals surface area contributed by atoms with E-state index >= 15 is 0 Å². The number of hydrazine groups is 1. The van der Waals surface area contributed by atoms with E-state index in [0.717, 1.165) is 6.92 Å². The third-order valence-corrected chi connectivity index (χ3v) is 1.63. The van der Waals surface area contributed by atoms with E-state index in [0.29, 0.717) is 0 Å². The summed E-state index contributed by atoms with van der Waals surface area (Å²) in [6, 6.07) is 0. The summed E-state index contributed by atoms with van der Waals surface area (Å²) in [7, 11) is 0. The molecule has 0 atom stereocenters. The minimum absolute atomic E-state index is 0.619.